The van der Waals surface area contributed by atoms with E-state index in [1.54, 1.807) is 30.3 Å². The molecule has 0 spiro atoms. The van der Waals surface area contributed by atoms with Crippen LogP contribution in [-0.2, 0) is 6.54 Å². The summed E-state index contributed by atoms with van der Waals surface area (Å²) in [5.74, 6) is -0.708. The van der Waals surface area contributed by atoms with Gasteiger partial charge < -0.3 is 9.32 Å². The predicted molar refractivity (Wildman–Crippen MR) is 65.9 cm³/mol. The number of carbonyl (C=O) groups is 1. The Hall–Kier alpha value is -2.24. The van der Waals surface area contributed by atoms with Crippen LogP contribution < -0.4 is 0 Å². The molecule has 2 aromatic rings. The Morgan fingerprint density at radius 3 is 2.40 bits per heavy atom. The van der Waals surface area contributed by atoms with Gasteiger partial charge >= 0.3 is 6.18 Å². The molecular weight excluding hydrogens is 271 g/mol. The third kappa shape index (κ3) is 3.88. The van der Waals surface area contributed by atoms with Crippen LogP contribution in [-0.4, -0.2) is 23.5 Å². The summed E-state index contributed by atoms with van der Waals surface area (Å²) in [6.45, 7) is -1.41. The first-order valence-electron chi connectivity index (χ1n) is 5.88. The summed E-state index contributed by atoms with van der Waals surface area (Å²) in [7, 11) is 0. The lowest BCUT2D eigenvalue weighted by molar-refractivity contribution is -0.141. The van der Waals surface area contributed by atoms with Gasteiger partial charge in [-0.25, -0.2) is 0 Å². The van der Waals surface area contributed by atoms with Gasteiger partial charge in [-0.3, -0.25) is 4.79 Å². The number of benzene rings is 1. The van der Waals surface area contributed by atoms with E-state index in [1.807, 2.05) is 0 Å². The Bertz CT molecular complexity index is 550. The molecule has 3 nitrogen and oxygen atoms in total. The lowest BCUT2D eigenvalue weighted by atomic mass is 10.2. The van der Waals surface area contributed by atoms with Crippen LogP contribution >= 0.6 is 0 Å². The van der Waals surface area contributed by atoms with Crippen molar-refractivity contribution in [1.82, 2.24) is 4.90 Å². The maximum Gasteiger partial charge on any atom is 0.406 e. The minimum Gasteiger partial charge on any atom is -0.472 e. The zero-order valence-electron chi connectivity index (χ0n) is 10.4. The first-order valence-corrected chi connectivity index (χ1v) is 5.88. The summed E-state index contributed by atoms with van der Waals surface area (Å²) in [5, 5.41) is 0. The number of nitrogens with zero attached hydrogens (tertiary/aromatic N) is 1. The first kappa shape index (κ1) is 14.2. The molecule has 0 aliphatic rings. The van der Waals surface area contributed by atoms with Gasteiger partial charge in [0.1, 0.15) is 12.8 Å². The summed E-state index contributed by atoms with van der Waals surface area (Å²) in [6, 6.07) is 9.87. The number of alkyl halides is 3. The minimum absolute atomic E-state index is 0.102. The number of hydrogen-bond donors (Lipinski definition) is 0. The highest BCUT2D eigenvalue weighted by molar-refractivity contribution is 5.93. The molecule has 0 radical (unpaired) electrons. The van der Waals surface area contributed by atoms with Crippen molar-refractivity contribution in [3.8, 4) is 0 Å². The second kappa shape index (κ2) is 5.81. The standard InChI is InChI=1S/C14H12F3NO2/c15-14(16,17)10-18(8-11-4-2-1-3-5-11)13(19)12-6-7-20-9-12/h1-7,9H,8,10H2. The summed E-state index contributed by atoms with van der Waals surface area (Å²) < 4.78 is 42.5. The normalized spacial score (nSPS) is 11.3. The lowest BCUT2D eigenvalue weighted by Crippen LogP contribution is -2.38. The Morgan fingerprint density at radius 2 is 1.85 bits per heavy atom. The van der Waals surface area contributed by atoms with Gasteiger partial charge in [0.15, 0.2) is 0 Å². The lowest BCUT2D eigenvalue weighted by Gasteiger charge is -2.23. The van der Waals surface area contributed by atoms with Gasteiger partial charge in [-0.15, -0.1) is 0 Å². The molecule has 2 rings (SSSR count). The van der Waals surface area contributed by atoms with E-state index in [9.17, 15) is 18.0 Å². The predicted octanol–water partition coefficient (Wildman–Crippen LogP) is 3.48. The summed E-state index contributed by atoms with van der Waals surface area (Å²) in [4.78, 5) is 12.8. The van der Waals surface area contributed by atoms with Crippen LogP contribution in [0.5, 0.6) is 0 Å². The first-order chi connectivity index (χ1) is 9.46. The molecule has 106 valence electrons. The second-order valence-corrected chi connectivity index (χ2v) is 4.27. The maximum atomic E-state index is 12.6. The van der Waals surface area contributed by atoms with E-state index in [4.69, 9.17) is 4.42 Å². The van der Waals surface area contributed by atoms with Gasteiger partial charge in [0.2, 0.25) is 0 Å². The quantitative estimate of drug-likeness (QED) is 0.860. The van der Waals surface area contributed by atoms with Crippen molar-refractivity contribution in [1.29, 1.82) is 0 Å². The third-order valence-electron chi connectivity index (χ3n) is 2.64. The van der Waals surface area contributed by atoms with Gasteiger partial charge in [-0.2, -0.15) is 13.2 Å². The zero-order chi connectivity index (χ0) is 14.6. The van der Waals surface area contributed by atoms with Crippen LogP contribution in [0.25, 0.3) is 0 Å². The van der Waals surface area contributed by atoms with Crippen molar-refractivity contribution in [2.45, 2.75) is 12.7 Å². The Morgan fingerprint density at radius 1 is 1.15 bits per heavy atom. The average Bonchev–Trinajstić information content (AvgIpc) is 2.90. The Balaban J connectivity index is 2.19. The van der Waals surface area contributed by atoms with Crippen LogP contribution in [0.3, 0.4) is 0 Å². The van der Waals surface area contributed by atoms with Gasteiger partial charge in [0.25, 0.3) is 5.91 Å². The molecule has 0 unspecified atom stereocenters. The van der Waals surface area contributed by atoms with Crippen LogP contribution in [0, 0.1) is 0 Å². The van der Waals surface area contributed by atoms with Crippen LogP contribution in [0.2, 0.25) is 0 Å². The van der Waals surface area contributed by atoms with Crippen molar-refractivity contribution in [3.63, 3.8) is 0 Å². The fourth-order valence-corrected chi connectivity index (χ4v) is 1.79. The molecule has 0 saturated heterocycles. The zero-order valence-corrected chi connectivity index (χ0v) is 10.4. The van der Waals surface area contributed by atoms with Gasteiger partial charge in [0.05, 0.1) is 11.8 Å². The highest BCUT2D eigenvalue weighted by Crippen LogP contribution is 2.20. The molecule has 0 fully saturated rings. The van der Waals surface area contributed by atoms with Gasteiger partial charge in [0, 0.05) is 6.54 Å². The SMILES string of the molecule is O=C(c1ccoc1)N(Cc1ccccc1)CC(F)(F)F. The van der Waals surface area contributed by atoms with Crippen molar-refractivity contribution in [3.05, 3.63) is 60.1 Å². The monoisotopic (exact) mass is 283 g/mol. The van der Waals surface area contributed by atoms with Crippen molar-refractivity contribution in [2.24, 2.45) is 0 Å². The van der Waals surface area contributed by atoms with E-state index < -0.39 is 18.6 Å². The molecular formula is C14H12F3NO2. The van der Waals surface area contributed by atoms with E-state index in [-0.39, 0.29) is 12.1 Å². The molecule has 6 heteroatoms. The van der Waals surface area contributed by atoms with Crippen LogP contribution in [0.4, 0.5) is 13.2 Å². The molecule has 20 heavy (non-hydrogen) atoms. The fourth-order valence-electron chi connectivity index (χ4n) is 1.79. The smallest absolute Gasteiger partial charge is 0.406 e. The number of halogens is 3. The summed E-state index contributed by atoms with van der Waals surface area (Å²) in [6.07, 6.45) is -2.06. The van der Waals surface area contributed by atoms with Gasteiger partial charge in [-0.05, 0) is 11.6 Å². The molecule has 1 aromatic heterocycles. The number of hydrogen-bond acceptors (Lipinski definition) is 2. The number of amides is 1. The highest BCUT2D eigenvalue weighted by atomic mass is 19.4. The van der Waals surface area contributed by atoms with Crippen molar-refractivity contribution < 1.29 is 22.4 Å². The number of carbonyl (C=O) groups excluding carboxylic acids is 1. The van der Waals surface area contributed by atoms with E-state index >= 15 is 0 Å². The molecule has 0 aliphatic carbocycles. The van der Waals surface area contributed by atoms with Crippen molar-refractivity contribution >= 4 is 5.91 Å². The second-order valence-electron chi connectivity index (χ2n) is 4.27. The van der Waals surface area contributed by atoms with Gasteiger partial charge in [-0.1, -0.05) is 30.3 Å². The molecule has 0 bridgehead atoms. The molecule has 0 N–H and O–H groups in total. The summed E-state index contributed by atoms with van der Waals surface area (Å²) >= 11 is 0. The largest absolute Gasteiger partial charge is 0.472 e. The highest BCUT2D eigenvalue weighted by Gasteiger charge is 2.33. The van der Waals surface area contributed by atoms with Crippen LogP contribution in [0.1, 0.15) is 15.9 Å². The Labute approximate surface area is 113 Å². The van der Waals surface area contributed by atoms with E-state index in [0.717, 1.165) is 11.2 Å². The Kier molecular flexibility index (Phi) is 4.12. The third-order valence-corrected chi connectivity index (χ3v) is 2.64. The number of rotatable bonds is 4. The van der Waals surface area contributed by atoms with E-state index in [2.05, 4.69) is 0 Å². The summed E-state index contributed by atoms with van der Waals surface area (Å²) in [5.41, 5.74) is 0.735. The molecule has 0 aliphatic heterocycles. The molecule has 0 atom stereocenters. The van der Waals surface area contributed by atoms with E-state index in [0.29, 0.717) is 5.56 Å². The van der Waals surface area contributed by atoms with Crippen molar-refractivity contribution in [2.75, 3.05) is 6.54 Å². The molecule has 0 saturated carbocycles. The topological polar surface area (TPSA) is 33.5 Å². The maximum absolute atomic E-state index is 12.6. The number of furan rings is 1. The average molecular weight is 283 g/mol. The fraction of sp³-hybridized carbons (Fsp3) is 0.214. The molecule has 1 heterocycles. The van der Waals surface area contributed by atoms with E-state index in [1.165, 1.54) is 12.3 Å². The van der Waals surface area contributed by atoms with Crippen LogP contribution in [0.15, 0.2) is 53.3 Å². The molecule has 1 amide bonds. The minimum atomic E-state index is -4.45. The molecule has 1 aromatic carbocycles.